The van der Waals surface area contributed by atoms with Gasteiger partial charge in [-0.1, -0.05) is 121 Å². The summed E-state index contributed by atoms with van der Waals surface area (Å²) in [5.41, 5.74) is 2.20. The molecule has 39 heavy (non-hydrogen) atoms. The zero-order valence-corrected chi connectivity index (χ0v) is 22.4. The van der Waals surface area contributed by atoms with Crippen LogP contribution in [-0.4, -0.2) is 29.4 Å². The molecule has 2 aliphatic rings. The number of hydrogen-bond donors (Lipinski definition) is 0. The van der Waals surface area contributed by atoms with Crippen molar-refractivity contribution in [2.75, 3.05) is 0 Å². The molecule has 0 radical (unpaired) electrons. The van der Waals surface area contributed by atoms with Gasteiger partial charge in [-0.25, -0.2) is 8.42 Å². The molecular formula is C32H32N2O4S. The quantitative estimate of drug-likeness (QED) is 0.265. The zero-order chi connectivity index (χ0) is 26.7. The summed E-state index contributed by atoms with van der Waals surface area (Å²) in [5, 5.41) is 3.64. The maximum atomic E-state index is 14.1. The standard InChI is InChI=1S/C32H32N2O4S/c35-39(36,31-21-29(27-17-9-3-10-18-27)33(37-31)23-25-13-5-1-6-14-25)32-22-30(28-19-11-4-12-20-28)34(38-32)24-26-15-7-2-8-16-26/h1-20,29-32H,21-24H2. The van der Waals surface area contributed by atoms with Gasteiger partial charge in [0.2, 0.25) is 9.84 Å². The van der Waals surface area contributed by atoms with Gasteiger partial charge in [-0.05, 0) is 22.3 Å². The third-order valence-electron chi connectivity index (χ3n) is 7.50. The molecule has 2 fully saturated rings. The summed E-state index contributed by atoms with van der Waals surface area (Å²) in [6.07, 6.45) is 0.682. The molecule has 0 spiro atoms. The molecule has 7 heteroatoms. The van der Waals surface area contributed by atoms with Gasteiger partial charge < -0.3 is 0 Å². The second-order valence-electron chi connectivity index (χ2n) is 10.1. The van der Waals surface area contributed by atoms with E-state index in [-0.39, 0.29) is 12.1 Å². The molecule has 6 rings (SSSR count). The maximum absolute atomic E-state index is 14.1. The van der Waals surface area contributed by atoms with E-state index in [1.807, 2.05) is 131 Å². The molecule has 2 heterocycles. The van der Waals surface area contributed by atoms with Crippen LogP contribution in [0.2, 0.25) is 0 Å². The largest absolute Gasteiger partial charge is 0.278 e. The molecule has 4 atom stereocenters. The number of hydrogen-bond acceptors (Lipinski definition) is 6. The molecule has 0 N–H and O–H groups in total. The van der Waals surface area contributed by atoms with Crippen LogP contribution >= 0.6 is 0 Å². The van der Waals surface area contributed by atoms with E-state index >= 15 is 0 Å². The minimum absolute atomic E-state index is 0.182. The van der Waals surface area contributed by atoms with E-state index in [0.717, 1.165) is 22.3 Å². The van der Waals surface area contributed by atoms with Crippen molar-refractivity contribution < 1.29 is 18.1 Å². The summed E-state index contributed by atoms with van der Waals surface area (Å²) in [5.74, 6) is 0. The van der Waals surface area contributed by atoms with Crippen molar-refractivity contribution >= 4 is 9.84 Å². The molecule has 0 bridgehead atoms. The van der Waals surface area contributed by atoms with E-state index in [9.17, 15) is 8.42 Å². The third-order valence-corrected chi connectivity index (χ3v) is 9.52. The van der Waals surface area contributed by atoms with Crippen molar-refractivity contribution in [3.05, 3.63) is 144 Å². The monoisotopic (exact) mass is 540 g/mol. The lowest BCUT2D eigenvalue weighted by Crippen LogP contribution is -2.33. The lowest BCUT2D eigenvalue weighted by molar-refractivity contribution is -0.161. The highest BCUT2D eigenvalue weighted by molar-refractivity contribution is 7.92. The molecule has 0 amide bonds. The Bertz CT molecular complexity index is 1350. The van der Waals surface area contributed by atoms with Crippen LogP contribution in [0.15, 0.2) is 121 Å². The predicted octanol–water partition coefficient (Wildman–Crippen LogP) is 6.21. The molecule has 0 aliphatic carbocycles. The fraction of sp³-hybridized carbons (Fsp3) is 0.250. The highest BCUT2D eigenvalue weighted by atomic mass is 32.2. The van der Waals surface area contributed by atoms with Crippen LogP contribution in [0.3, 0.4) is 0 Å². The van der Waals surface area contributed by atoms with Crippen LogP contribution in [0.5, 0.6) is 0 Å². The molecule has 0 saturated carbocycles. The van der Waals surface area contributed by atoms with Crippen molar-refractivity contribution in [1.29, 1.82) is 0 Å². The van der Waals surface area contributed by atoms with Gasteiger partial charge in [-0.3, -0.25) is 9.68 Å². The summed E-state index contributed by atoms with van der Waals surface area (Å²) >= 11 is 0. The fourth-order valence-electron chi connectivity index (χ4n) is 5.47. The number of rotatable bonds is 8. The second kappa shape index (κ2) is 11.4. The molecule has 2 saturated heterocycles. The van der Waals surface area contributed by atoms with Crippen molar-refractivity contribution in [3.8, 4) is 0 Å². The molecule has 4 unspecified atom stereocenters. The fourth-order valence-corrected chi connectivity index (χ4v) is 7.17. The number of nitrogens with zero attached hydrogens (tertiary/aromatic N) is 2. The average Bonchev–Trinajstić information content (AvgIpc) is 3.61. The minimum atomic E-state index is -3.80. The van der Waals surface area contributed by atoms with Gasteiger partial charge in [0.25, 0.3) is 0 Å². The number of sulfone groups is 1. The highest BCUT2D eigenvalue weighted by Crippen LogP contribution is 2.43. The van der Waals surface area contributed by atoms with Crippen molar-refractivity contribution in [3.63, 3.8) is 0 Å². The van der Waals surface area contributed by atoms with Crippen molar-refractivity contribution in [2.24, 2.45) is 0 Å². The summed E-state index contributed by atoms with van der Waals surface area (Å²) < 4.78 is 28.2. The van der Waals surface area contributed by atoms with Gasteiger partial charge in [0, 0.05) is 25.9 Å². The number of hydroxylamine groups is 4. The average molecular weight is 541 g/mol. The van der Waals surface area contributed by atoms with Gasteiger partial charge in [0.1, 0.15) is 0 Å². The van der Waals surface area contributed by atoms with Gasteiger partial charge in [0.05, 0.1) is 12.1 Å². The Kier molecular flexibility index (Phi) is 7.59. The van der Waals surface area contributed by atoms with Crippen molar-refractivity contribution in [2.45, 2.75) is 48.9 Å². The van der Waals surface area contributed by atoms with Crippen LogP contribution in [-0.2, 0) is 32.6 Å². The summed E-state index contributed by atoms with van der Waals surface area (Å²) in [6, 6.07) is 39.6. The lowest BCUT2D eigenvalue weighted by atomic mass is 10.0. The van der Waals surface area contributed by atoms with E-state index in [0.29, 0.717) is 25.9 Å². The Morgan fingerprint density at radius 1 is 0.538 bits per heavy atom. The first-order chi connectivity index (χ1) is 19.1. The first kappa shape index (κ1) is 25.9. The lowest BCUT2D eigenvalue weighted by Gasteiger charge is -2.23. The Morgan fingerprint density at radius 3 is 1.23 bits per heavy atom. The molecule has 2 aliphatic heterocycles. The normalized spacial score (nSPS) is 24.2. The summed E-state index contributed by atoms with van der Waals surface area (Å²) in [6.45, 7) is 0.982. The molecule has 200 valence electrons. The predicted molar refractivity (Wildman–Crippen MR) is 150 cm³/mol. The molecule has 4 aromatic carbocycles. The first-order valence-electron chi connectivity index (χ1n) is 13.4. The highest BCUT2D eigenvalue weighted by Gasteiger charge is 2.50. The Balaban J connectivity index is 1.26. The minimum Gasteiger partial charge on any atom is -0.278 e. The van der Waals surface area contributed by atoms with Crippen LogP contribution in [0.1, 0.15) is 47.2 Å². The van der Waals surface area contributed by atoms with Crippen LogP contribution in [0.25, 0.3) is 0 Å². The van der Waals surface area contributed by atoms with E-state index in [4.69, 9.17) is 9.68 Å². The second-order valence-corrected chi connectivity index (χ2v) is 12.3. The van der Waals surface area contributed by atoms with Crippen molar-refractivity contribution in [1.82, 2.24) is 10.1 Å². The summed E-state index contributed by atoms with van der Waals surface area (Å²) in [4.78, 5) is 12.5. The maximum Gasteiger partial charge on any atom is 0.208 e. The van der Waals surface area contributed by atoms with Gasteiger partial charge >= 0.3 is 0 Å². The third kappa shape index (κ3) is 5.69. The molecule has 6 nitrogen and oxygen atoms in total. The zero-order valence-electron chi connectivity index (χ0n) is 21.6. The molecule has 4 aromatic rings. The van der Waals surface area contributed by atoms with Crippen LogP contribution in [0, 0.1) is 0 Å². The van der Waals surface area contributed by atoms with Crippen LogP contribution < -0.4 is 0 Å². The van der Waals surface area contributed by atoms with Crippen LogP contribution in [0.4, 0.5) is 0 Å². The topological polar surface area (TPSA) is 59.1 Å². The smallest absolute Gasteiger partial charge is 0.208 e. The molecular weight excluding hydrogens is 508 g/mol. The Hall–Kier alpha value is -3.33. The SMILES string of the molecule is O=S(=O)(C1CC(c2ccccc2)N(Cc2ccccc2)O1)C1CC(c2ccccc2)N(Cc2ccccc2)O1. The van der Waals surface area contributed by atoms with E-state index in [2.05, 4.69) is 0 Å². The van der Waals surface area contributed by atoms with E-state index in [1.54, 1.807) is 0 Å². The van der Waals surface area contributed by atoms with Gasteiger partial charge in [-0.15, -0.1) is 0 Å². The first-order valence-corrected chi connectivity index (χ1v) is 15.0. The Labute approximate surface area is 230 Å². The number of benzene rings is 4. The summed E-state index contributed by atoms with van der Waals surface area (Å²) in [7, 11) is -3.80. The van der Waals surface area contributed by atoms with Gasteiger partial charge in [0.15, 0.2) is 10.9 Å². The van der Waals surface area contributed by atoms with Gasteiger partial charge in [-0.2, -0.15) is 10.1 Å². The Morgan fingerprint density at radius 2 is 0.872 bits per heavy atom. The van der Waals surface area contributed by atoms with E-state index < -0.39 is 20.7 Å². The molecule has 0 aromatic heterocycles. The van der Waals surface area contributed by atoms with E-state index in [1.165, 1.54) is 0 Å².